The van der Waals surface area contributed by atoms with E-state index in [1.54, 1.807) is 0 Å². The Hall–Kier alpha value is -1.95. The number of nitro groups is 1. The van der Waals surface area contributed by atoms with Gasteiger partial charge in [-0.1, -0.05) is 108 Å². The highest BCUT2D eigenvalue weighted by Gasteiger charge is 2.08. The normalized spacial score (nSPS) is 11.2. The molecule has 0 aliphatic heterocycles. The van der Waals surface area contributed by atoms with Crippen molar-refractivity contribution in [1.82, 2.24) is 5.43 Å². The van der Waals surface area contributed by atoms with E-state index < -0.39 is 4.92 Å². The second-order valence-corrected chi connectivity index (χ2v) is 8.86. The molecule has 0 bridgehead atoms. The van der Waals surface area contributed by atoms with E-state index in [0.29, 0.717) is 17.0 Å². The number of hydrogen-bond donors (Lipinski definition) is 1. The quantitative estimate of drug-likeness (QED) is 0.0972. The molecule has 0 aliphatic carbocycles. The van der Waals surface area contributed by atoms with Crippen molar-refractivity contribution in [3.05, 3.63) is 38.9 Å². The molecule has 0 saturated heterocycles. The van der Waals surface area contributed by atoms with Crippen LogP contribution in [0.5, 0.6) is 0 Å². The first-order valence-electron chi connectivity index (χ1n) is 12.3. The maximum absolute atomic E-state index is 11.9. The molecular weight excluding hydrogens is 426 g/mol. The molecule has 1 aromatic carbocycles. The number of non-ortho nitro benzene ring substituents is 1. The lowest BCUT2D eigenvalue weighted by molar-refractivity contribution is -0.384. The number of hydrazone groups is 1. The minimum absolute atomic E-state index is 0.0695. The molecular formula is C25H40ClN3O3. The topological polar surface area (TPSA) is 84.6 Å². The van der Waals surface area contributed by atoms with Crippen LogP contribution in [0.4, 0.5) is 5.69 Å². The van der Waals surface area contributed by atoms with Gasteiger partial charge in [0.1, 0.15) is 0 Å². The molecule has 1 N–H and O–H groups in total. The lowest BCUT2D eigenvalue weighted by atomic mass is 10.0. The fourth-order valence-electron chi connectivity index (χ4n) is 3.63. The second-order valence-electron chi connectivity index (χ2n) is 8.46. The Kier molecular flexibility index (Phi) is 16.3. The predicted molar refractivity (Wildman–Crippen MR) is 133 cm³/mol. The van der Waals surface area contributed by atoms with E-state index in [1.165, 1.54) is 101 Å². The summed E-state index contributed by atoms with van der Waals surface area (Å²) < 4.78 is 0. The highest BCUT2D eigenvalue weighted by Crippen LogP contribution is 2.20. The van der Waals surface area contributed by atoms with Gasteiger partial charge in [-0.05, 0) is 12.5 Å². The van der Waals surface area contributed by atoms with Gasteiger partial charge in [-0.2, -0.15) is 5.10 Å². The van der Waals surface area contributed by atoms with Gasteiger partial charge in [0.2, 0.25) is 5.91 Å². The minimum Gasteiger partial charge on any atom is -0.273 e. The molecule has 1 amide bonds. The molecule has 0 fully saturated rings. The summed E-state index contributed by atoms with van der Waals surface area (Å²) in [6.07, 6.45) is 21.1. The van der Waals surface area contributed by atoms with E-state index in [1.807, 2.05) is 0 Å². The fraction of sp³-hybridized carbons (Fsp3) is 0.680. The average Bonchev–Trinajstić information content (AvgIpc) is 2.77. The van der Waals surface area contributed by atoms with Crippen molar-refractivity contribution in [3.8, 4) is 0 Å². The van der Waals surface area contributed by atoms with Crippen molar-refractivity contribution in [2.45, 2.75) is 110 Å². The SMILES string of the molecule is CCCCCCCCCCCCCCCCCC(=O)N/N=C\c1cc([N+](=O)[O-])ccc1Cl. The lowest BCUT2D eigenvalue weighted by Crippen LogP contribution is -2.16. The van der Waals surface area contributed by atoms with Crippen molar-refractivity contribution in [2.75, 3.05) is 0 Å². The van der Waals surface area contributed by atoms with Crippen molar-refractivity contribution < 1.29 is 9.72 Å². The Balaban J connectivity index is 1.97. The summed E-state index contributed by atoms with van der Waals surface area (Å²) in [5.41, 5.74) is 2.79. The molecule has 180 valence electrons. The van der Waals surface area contributed by atoms with Crippen LogP contribution in [0, 0.1) is 10.1 Å². The molecule has 32 heavy (non-hydrogen) atoms. The van der Waals surface area contributed by atoms with Crippen molar-refractivity contribution in [2.24, 2.45) is 5.10 Å². The van der Waals surface area contributed by atoms with Gasteiger partial charge in [0, 0.05) is 29.1 Å². The number of halogens is 1. The summed E-state index contributed by atoms with van der Waals surface area (Å²) in [6.45, 7) is 2.26. The Morgan fingerprint density at radius 2 is 1.44 bits per heavy atom. The van der Waals surface area contributed by atoms with Crippen LogP contribution < -0.4 is 5.43 Å². The molecule has 0 aliphatic rings. The standard InChI is InChI=1S/C25H40ClN3O3/c1-2-3-4-5-6-7-8-9-10-11-12-13-14-15-16-17-25(30)28-27-21-22-20-23(29(31)32)18-19-24(22)26/h18-21H,2-17H2,1H3,(H,28,30)/b27-21-. The van der Waals surface area contributed by atoms with Crippen LogP contribution >= 0.6 is 11.6 Å². The van der Waals surface area contributed by atoms with Gasteiger partial charge in [0.05, 0.1) is 11.1 Å². The summed E-state index contributed by atoms with van der Waals surface area (Å²) in [4.78, 5) is 22.2. The van der Waals surface area contributed by atoms with E-state index in [-0.39, 0.29) is 11.6 Å². The van der Waals surface area contributed by atoms with E-state index in [9.17, 15) is 14.9 Å². The van der Waals surface area contributed by atoms with E-state index in [0.717, 1.165) is 19.3 Å². The van der Waals surface area contributed by atoms with Crippen molar-refractivity contribution >= 4 is 29.4 Å². The second kappa shape index (κ2) is 18.6. The first-order chi connectivity index (χ1) is 15.5. The Morgan fingerprint density at radius 3 is 1.94 bits per heavy atom. The van der Waals surface area contributed by atoms with E-state index in [2.05, 4.69) is 17.5 Å². The minimum atomic E-state index is -0.497. The van der Waals surface area contributed by atoms with Crippen molar-refractivity contribution in [1.29, 1.82) is 0 Å². The van der Waals surface area contributed by atoms with Gasteiger partial charge in [-0.15, -0.1) is 0 Å². The number of nitro benzene ring substituents is 1. The lowest BCUT2D eigenvalue weighted by Gasteiger charge is -2.03. The summed E-state index contributed by atoms with van der Waals surface area (Å²) in [7, 11) is 0. The molecule has 0 saturated carbocycles. The molecule has 0 heterocycles. The molecule has 1 aromatic rings. The molecule has 0 unspecified atom stereocenters. The third-order valence-corrected chi connectivity index (χ3v) is 5.93. The number of nitrogens with zero attached hydrogens (tertiary/aromatic N) is 2. The van der Waals surface area contributed by atoms with E-state index in [4.69, 9.17) is 11.6 Å². The maximum atomic E-state index is 11.9. The largest absolute Gasteiger partial charge is 0.273 e. The number of carbonyl (C=O) groups excluding carboxylic acids is 1. The Bertz CT molecular complexity index is 695. The van der Waals surface area contributed by atoms with Crippen LogP contribution in [-0.2, 0) is 4.79 Å². The zero-order valence-electron chi connectivity index (χ0n) is 19.6. The first kappa shape index (κ1) is 28.1. The number of carbonyl (C=O) groups is 1. The van der Waals surface area contributed by atoms with Gasteiger partial charge in [-0.25, -0.2) is 5.43 Å². The van der Waals surface area contributed by atoms with Crippen LogP contribution in [0.15, 0.2) is 23.3 Å². The molecule has 0 radical (unpaired) electrons. The Morgan fingerprint density at radius 1 is 0.938 bits per heavy atom. The molecule has 0 atom stereocenters. The summed E-state index contributed by atoms with van der Waals surface area (Å²) in [5.74, 6) is -0.155. The molecule has 1 rings (SSSR count). The van der Waals surface area contributed by atoms with Crippen LogP contribution in [0.3, 0.4) is 0 Å². The fourth-order valence-corrected chi connectivity index (χ4v) is 3.80. The highest BCUT2D eigenvalue weighted by atomic mass is 35.5. The van der Waals surface area contributed by atoms with E-state index >= 15 is 0 Å². The van der Waals surface area contributed by atoms with Crippen molar-refractivity contribution in [3.63, 3.8) is 0 Å². The number of nitrogens with one attached hydrogen (secondary N) is 1. The summed E-state index contributed by atoms with van der Waals surface area (Å²) in [5, 5.41) is 15.0. The molecule has 6 nitrogen and oxygen atoms in total. The highest BCUT2D eigenvalue weighted by molar-refractivity contribution is 6.33. The third-order valence-electron chi connectivity index (χ3n) is 5.59. The van der Waals surface area contributed by atoms with Gasteiger partial charge in [-0.3, -0.25) is 14.9 Å². The predicted octanol–water partition coefficient (Wildman–Crippen LogP) is 7.96. The van der Waals surface area contributed by atoms with Crippen LogP contribution in [0.1, 0.15) is 115 Å². The van der Waals surface area contributed by atoms with Crippen LogP contribution in [0.2, 0.25) is 5.02 Å². The number of benzene rings is 1. The zero-order chi connectivity index (χ0) is 23.4. The number of amides is 1. The van der Waals surface area contributed by atoms with Crippen LogP contribution in [0.25, 0.3) is 0 Å². The molecule has 0 spiro atoms. The Labute approximate surface area is 198 Å². The third kappa shape index (κ3) is 14.2. The number of unbranched alkanes of at least 4 members (excludes halogenated alkanes) is 14. The average molecular weight is 466 g/mol. The molecule has 0 aromatic heterocycles. The summed E-state index contributed by atoms with van der Waals surface area (Å²) in [6, 6.07) is 4.10. The zero-order valence-corrected chi connectivity index (χ0v) is 20.4. The maximum Gasteiger partial charge on any atom is 0.270 e. The van der Waals surface area contributed by atoms with Gasteiger partial charge in [0.25, 0.3) is 5.69 Å². The number of hydrogen-bond acceptors (Lipinski definition) is 4. The smallest absolute Gasteiger partial charge is 0.270 e. The summed E-state index contributed by atoms with van der Waals surface area (Å²) >= 11 is 6.00. The van der Waals surface area contributed by atoms with Gasteiger partial charge >= 0.3 is 0 Å². The number of rotatable bonds is 19. The van der Waals surface area contributed by atoms with Crippen LogP contribution in [-0.4, -0.2) is 17.0 Å². The molecule has 7 heteroatoms. The first-order valence-corrected chi connectivity index (χ1v) is 12.7. The van der Waals surface area contributed by atoms with Gasteiger partial charge in [0.15, 0.2) is 0 Å². The van der Waals surface area contributed by atoms with Gasteiger partial charge < -0.3 is 0 Å². The monoisotopic (exact) mass is 465 g/mol.